The maximum absolute atomic E-state index is 12.7. The predicted octanol–water partition coefficient (Wildman–Crippen LogP) is 5.16. The van der Waals surface area contributed by atoms with Gasteiger partial charge in [-0.05, 0) is 42.7 Å². The zero-order valence-corrected chi connectivity index (χ0v) is 19.6. The van der Waals surface area contributed by atoms with Crippen LogP contribution in [0.25, 0.3) is 0 Å². The fourth-order valence-electron chi connectivity index (χ4n) is 3.92. The quantitative estimate of drug-likeness (QED) is 0.260. The highest BCUT2D eigenvalue weighted by Gasteiger charge is 2.23. The Morgan fingerprint density at radius 2 is 1.31 bits per heavy atom. The molecule has 2 heterocycles. The number of H-pyrrole nitrogens is 2. The molecule has 0 spiro atoms. The molecule has 2 aromatic carbocycles. The molecule has 178 valence electrons. The number of Topliss-reactive ketones (excluding diaryl/α,β-unsaturated/α-hetero) is 1. The SMILES string of the molecule is CC(=O)c1c(Cc2ccc(C(=O)OCc3ccccc3)[nH]2)[nH]c(C(=O)OCc2ccccc2)c1C. The Kier molecular flexibility index (Phi) is 7.26. The van der Waals surface area contributed by atoms with Gasteiger partial charge in [0.1, 0.15) is 24.6 Å². The molecule has 4 aromatic rings. The maximum atomic E-state index is 12.7. The van der Waals surface area contributed by atoms with Crippen molar-refractivity contribution >= 4 is 17.7 Å². The van der Waals surface area contributed by atoms with Crippen LogP contribution in [0.5, 0.6) is 0 Å². The van der Waals surface area contributed by atoms with Gasteiger partial charge < -0.3 is 19.4 Å². The van der Waals surface area contributed by atoms with Crippen molar-refractivity contribution in [1.29, 1.82) is 0 Å². The zero-order chi connectivity index (χ0) is 24.8. The second-order valence-electron chi connectivity index (χ2n) is 8.23. The second kappa shape index (κ2) is 10.7. The number of aromatic nitrogens is 2. The van der Waals surface area contributed by atoms with Gasteiger partial charge in [0.25, 0.3) is 0 Å². The van der Waals surface area contributed by atoms with Crippen molar-refractivity contribution in [3.63, 3.8) is 0 Å². The Labute approximate surface area is 203 Å². The van der Waals surface area contributed by atoms with Crippen LogP contribution in [0.2, 0.25) is 0 Å². The standard InChI is InChI=1S/C28H26N2O5/c1-18-25(19(2)31)24(30-26(18)28(33)35-17-21-11-7-4-8-12-21)15-22-13-14-23(29-22)27(32)34-16-20-9-5-3-6-10-20/h3-14,29-30H,15-17H2,1-2H3. The van der Waals surface area contributed by atoms with Crippen molar-refractivity contribution in [3.8, 4) is 0 Å². The van der Waals surface area contributed by atoms with Gasteiger partial charge in [0.2, 0.25) is 0 Å². The van der Waals surface area contributed by atoms with Gasteiger partial charge in [-0.25, -0.2) is 9.59 Å². The van der Waals surface area contributed by atoms with E-state index in [-0.39, 0.29) is 24.7 Å². The lowest BCUT2D eigenvalue weighted by Crippen LogP contribution is -2.07. The van der Waals surface area contributed by atoms with Gasteiger partial charge in [-0.3, -0.25) is 4.79 Å². The summed E-state index contributed by atoms with van der Waals surface area (Å²) < 4.78 is 10.8. The lowest BCUT2D eigenvalue weighted by Gasteiger charge is -2.04. The Balaban J connectivity index is 1.46. The topological polar surface area (TPSA) is 101 Å². The third kappa shape index (κ3) is 5.76. The number of carbonyl (C=O) groups excluding carboxylic acids is 3. The molecule has 7 heteroatoms. The van der Waals surface area contributed by atoms with E-state index in [2.05, 4.69) is 9.97 Å². The van der Waals surface area contributed by atoms with Gasteiger partial charge in [0.05, 0.1) is 0 Å². The Bertz CT molecular complexity index is 1340. The van der Waals surface area contributed by atoms with E-state index in [0.29, 0.717) is 34.6 Å². The highest BCUT2D eigenvalue weighted by atomic mass is 16.5. The zero-order valence-electron chi connectivity index (χ0n) is 19.6. The molecule has 0 saturated carbocycles. The van der Waals surface area contributed by atoms with Gasteiger partial charge in [0, 0.05) is 23.4 Å². The van der Waals surface area contributed by atoms with Crippen LogP contribution in [0.3, 0.4) is 0 Å². The van der Waals surface area contributed by atoms with Gasteiger partial charge in [-0.1, -0.05) is 60.7 Å². The van der Waals surface area contributed by atoms with Crippen LogP contribution in [-0.4, -0.2) is 27.7 Å². The van der Waals surface area contributed by atoms with E-state index >= 15 is 0 Å². The molecule has 7 nitrogen and oxygen atoms in total. The third-order valence-corrected chi connectivity index (χ3v) is 5.64. The first-order chi connectivity index (χ1) is 16.9. The molecule has 0 aliphatic carbocycles. The van der Waals surface area contributed by atoms with E-state index in [1.807, 2.05) is 60.7 Å². The number of benzene rings is 2. The van der Waals surface area contributed by atoms with Crippen LogP contribution < -0.4 is 0 Å². The summed E-state index contributed by atoms with van der Waals surface area (Å²) in [6, 6.07) is 22.2. The number of esters is 2. The molecular formula is C28H26N2O5. The summed E-state index contributed by atoms with van der Waals surface area (Å²) in [4.78, 5) is 43.6. The molecule has 35 heavy (non-hydrogen) atoms. The van der Waals surface area contributed by atoms with Crippen LogP contribution >= 0.6 is 0 Å². The van der Waals surface area contributed by atoms with Crippen LogP contribution in [-0.2, 0) is 29.1 Å². The van der Waals surface area contributed by atoms with Crippen LogP contribution in [0, 0.1) is 6.92 Å². The van der Waals surface area contributed by atoms with Gasteiger partial charge in [-0.2, -0.15) is 0 Å². The molecule has 2 N–H and O–H groups in total. The molecule has 0 fully saturated rings. The van der Waals surface area contributed by atoms with E-state index in [9.17, 15) is 14.4 Å². The first-order valence-corrected chi connectivity index (χ1v) is 11.2. The van der Waals surface area contributed by atoms with E-state index in [4.69, 9.17) is 9.47 Å². The second-order valence-corrected chi connectivity index (χ2v) is 8.23. The molecule has 0 aliphatic heterocycles. The highest BCUT2D eigenvalue weighted by molar-refractivity contribution is 6.01. The fraction of sp³-hybridized carbons (Fsp3) is 0.179. The normalized spacial score (nSPS) is 10.7. The third-order valence-electron chi connectivity index (χ3n) is 5.64. The van der Waals surface area contributed by atoms with E-state index < -0.39 is 11.9 Å². The first-order valence-electron chi connectivity index (χ1n) is 11.2. The minimum absolute atomic E-state index is 0.133. The summed E-state index contributed by atoms with van der Waals surface area (Å²) in [6.07, 6.45) is 0.299. The molecule has 0 radical (unpaired) electrons. The number of ketones is 1. The predicted molar refractivity (Wildman–Crippen MR) is 130 cm³/mol. The van der Waals surface area contributed by atoms with E-state index in [1.54, 1.807) is 19.1 Å². The van der Waals surface area contributed by atoms with E-state index in [1.165, 1.54) is 6.92 Å². The Morgan fingerprint density at radius 3 is 1.89 bits per heavy atom. The number of carbonyl (C=O) groups is 3. The Hall–Kier alpha value is -4.39. The van der Waals surface area contributed by atoms with Crippen molar-refractivity contribution in [2.24, 2.45) is 0 Å². The maximum Gasteiger partial charge on any atom is 0.355 e. The number of hydrogen-bond acceptors (Lipinski definition) is 5. The Morgan fingerprint density at radius 1 is 0.743 bits per heavy atom. The monoisotopic (exact) mass is 470 g/mol. The number of nitrogens with one attached hydrogen (secondary N) is 2. The van der Waals surface area contributed by atoms with Crippen molar-refractivity contribution in [1.82, 2.24) is 9.97 Å². The number of aromatic amines is 2. The number of hydrogen-bond donors (Lipinski definition) is 2. The van der Waals surface area contributed by atoms with Crippen molar-refractivity contribution in [2.45, 2.75) is 33.5 Å². The molecule has 0 unspecified atom stereocenters. The summed E-state index contributed by atoms with van der Waals surface area (Å²) in [5, 5.41) is 0. The lowest BCUT2D eigenvalue weighted by molar-refractivity contribution is 0.0457. The van der Waals surface area contributed by atoms with Crippen molar-refractivity contribution in [2.75, 3.05) is 0 Å². The van der Waals surface area contributed by atoms with Crippen LogP contribution in [0.4, 0.5) is 0 Å². The molecule has 4 rings (SSSR count). The van der Waals surface area contributed by atoms with Crippen molar-refractivity contribution in [3.05, 3.63) is 118 Å². The molecule has 0 atom stereocenters. The molecular weight excluding hydrogens is 444 g/mol. The molecule has 0 bridgehead atoms. The summed E-state index contributed by atoms with van der Waals surface area (Å²) >= 11 is 0. The van der Waals surface area contributed by atoms with Crippen molar-refractivity contribution < 1.29 is 23.9 Å². The first kappa shape index (κ1) is 23.8. The van der Waals surface area contributed by atoms with Gasteiger partial charge in [-0.15, -0.1) is 0 Å². The largest absolute Gasteiger partial charge is 0.456 e. The molecule has 2 aromatic heterocycles. The summed E-state index contributed by atoms with van der Waals surface area (Å²) in [5.41, 5.74) is 4.58. The highest BCUT2D eigenvalue weighted by Crippen LogP contribution is 2.23. The molecule has 0 amide bonds. The minimum Gasteiger partial charge on any atom is -0.456 e. The van der Waals surface area contributed by atoms with Crippen LogP contribution in [0.15, 0.2) is 72.8 Å². The number of ether oxygens (including phenoxy) is 2. The average Bonchev–Trinajstić information content (AvgIpc) is 3.47. The van der Waals surface area contributed by atoms with Gasteiger partial charge >= 0.3 is 11.9 Å². The lowest BCUT2D eigenvalue weighted by atomic mass is 10.0. The molecule has 0 saturated heterocycles. The van der Waals surface area contributed by atoms with Gasteiger partial charge in [0.15, 0.2) is 5.78 Å². The summed E-state index contributed by atoms with van der Waals surface area (Å²) in [6.45, 7) is 3.48. The van der Waals surface area contributed by atoms with E-state index in [0.717, 1.165) is 11.1 Å². The molecule has 0 aliphatic rings. The number of rotatable bonds is 9. The minimum atomic E-state index is -0.531. The summed E-state index contributed by atoms with van der Waals surface area (Å²) in [5.74, 6) is -1.17. The fourth-order valence-corrected chi connectivity index (χ4v) is 3.92. The average molecular weight is 471 g/mol. The smallest absolute Gasteiger partial charge is 0.355 e. The van der Waals surface area contributed by atoms with Crippen LogP contribution in [0.1, 0.15) is 66.3 Å². The summed E-state index contributed by atoms with van der Waals surface area (Å²) in [7, 11) is 0.